The van der Waals surface area contributed by atoms with Gasteiger partial charge in [-0.2, -0.15) is 0 Å². The summed E-state index contributed by atoms with van der Waals surface area (Å²) in [5.74, 6) is -0.645. The van der Waals surface area contributed by atoms with Crippen LogP contribution in [0.25, 0.3) is 10.9 Å². The molecule has 1 aliphatic heterocycles. The Kier molecular flexibility index (Phi) is 4.04. The predicted octanol–water partition coefficient (Wildman–Crippen LogP) is 3.59. The number of benzene rings is 2. The molecule has 4 rings (SSSR count). The fourth-order valence-electron chi connectivity index (χ4n) is 3.40. The van der Waals surface area contributed by atoms with E-state index in [2.05, 4.69) is 10.3 Å². The summed E-state index contributed by atoms with van der Waals surface area (Å²) in [7, 11) is -3.91. The van der Waals surface area contributed by atoms with Crippen LogP contribution in [-0.4, -0.2) is 26.4 Å². The lowest BCUT2D eigenvalue weighted by atomic mass is 9.99. The molecule has 0 spiro atoms. The molecule has 2 N–H and O–H groups in total. The summed E-state index contributed by atoms with van der Waals surface area (Å²) >= 11 is 0. The molecule has 4 nitrogen and oxygen atoms in total. The van der Waals surface area contributed by atoms with Crippen molar-refractivity contribution in [3.05, 3.63) is 59.5 Å². The summed E-state index contributed by atoms with van der Waals surface area (Å²) in [6, 6.07) is 8.12. The number of hydrogen-bond acceptors (Lipinski definition) is 3. The molecule has 0 fully saturated rings. The van der Waals surface area contributed by atoms with Crippen LogP contribution in [0.3, 0.4) is 0 Å². The monoisotopic (exact) mass is 380 g/mol. The van der Waals surface area contributed by atoms with Gasteiger partial charge in [0.05, 0.1) is 9.79 Å². The summed E-state index contributed by atoms with van der Waals surface area (Å²) < 4.78 is 65.3. The maximum Gasteiger partial charge on any atom is 0.259 e. The van der Waals surface area contributed by atoms with E-state index >= 15 is 0 Å². The number of nitrogens with one attached hydrogen (secondary N) is 2. The highest BCUT2D eigenvalue weighted by Gasteiger charge is 2.31. The number of aromatic nitrogens is 1. The number of fused-ring (bicyclic) bond motifs is 3. The number of sulfone groups is 1. The van der Waals surface area contributed by atoms with Crippen molar-refractivity contribution >= 4 is 20.7 Å². The quantitative estimate of drug-likeness (QED) is 0.730. The summed E-state index contributed by atoms with van der Waals surface area (Å²) in [6.45, 7) is 0.429. The van der Waals surface area contributed by atoms with Crippen molar-refractivity contribution in [3.63, 3.8) is 0 Å². The second-order valence-electron chi connectivity index (χ2n) is 6.20. The maximum atomic E-state index is 13.4. The fourth-order valence-corrected chi connectivity index (χ4v) is 4.72. The van der Waals surface area contributed by atoms with Gasteiger partial charge in [-0.3, -0.25) is 0 Å². The van der Waals surface area contributed by atoms with E-state index in [0.29, 0.717) is 24.2 Å². The van der Waals surface area contributed by atoms with Gasteiger partial charge in [-0.05, 0) is 42.3 Å². The molecular weight excluding hydrogens is 365 g/mol. The molecule has 0 amide bonds. The van der Waals surface area contributed by atoms with Crippen LogP contribution >= 0.6 is 0 Å². The lowest BCUT2D eigenvalue weighted by Crippen LogP contribution is -2.34. The molecule has 1 unspecified atom stereocenters. The first kappa shape index (κ1) is 17.1. The van der Waals surface area contributed by atoms with Crippen LogP contribution in [0.1, 0.15) is 17.3 Å². The van der Waals surface area contributed by atoms with Gasteiger partial charge in [0.1, 0.15) is 11.9 Å². The Labute approximate surface area is 148 Å². The smallest absolute Gasteiger partial charge is 0.259 e. The first-order valence-electron chi connectivity index (χ1n) is 8.04. The highest BCUT2D eigenvalue weighted by molar-refractivity contribution is 7.91. The second-order valence-corrected chi connectivity index (χ2v) is 8.15. The Morgan fingerprint density at radius 2 is 1.85 bits per heavy atom. The van der Waals surface area contributed by atoms with Crippen molar-refractivity contribution in [1.29, 1.82) is 0 Å². The third-order valence-corrected chi connectivity index (χ3v) is 6.38. The van der Waals surface area contributed by atoms with Crippen molar-refractivity contribution in [1.82, 2.24) is 10.3 Å². The third-order valence-electron chi connectivity index (χ3n) is 4.63. The Hall–Kier alpha value is -2.32. The van der Waals surface area contributed by atoms with E-state index < -0.39 is 28.1 Å². The number of alkyl halides is 2. The molecule has 0 saturated heterocycles. The molecule has 136 valence electrons. The molecular formula is C18H15F3N2O2S. The molecule has 26 heavy (non-hydrogen) atoms. The summed E-state index contributed by atoms with van der Waals surface area (Å²) in [5, 5.41) is 3.50. The van der Waals surface area contributed by atoms with Gasteiger partial charge in [-0.25, -0.2) is 21.6 Å². The van der Waals surface area contributed by atoms with Crippen LogP contribution in [0.2, 0.25) is 0 Å². The maximum absolute atomic E-state index is 13.4. The van der Waals surface area contributed by atoms with Crippen LogP contribution in [-0.2, 0) is 16.3 Å². The second kappa shape index (κ2) is 6.14. The zero-order valence-electron chi connectivity index (χ0n) is 13.5. The molecule has 8 heteroatoms. The van der Waals surface area contributed by atoms with E-state index in [4.69, 9.17) is 0 Å². The Morgan fingerprint density at radius 3 is 2.58 bits per heavy atom. The topological polar surface area (TPSA) is 62.0 Å². The number of halogens is 3. The predicted molar refractivity (Wildman–Crippen MR) is 90.6 cm³/mol. The molecule has 1 aliphatic rings. The average molecular weight is 380 g/mol. The SMILES string of the molecule is O=S(=O)(c1cccc(F)c1)c1ccc2c3c([nH]c2c1)C(C(F)F)NCC3. The van der Waals surface area contributed by atoms with Crippen molar-refractivity contribution in [2.75, 3.05) is 6.54 Å². The first-order valence-corrected chi connectivity index (χ1v) is 9.53. The van der Waals surface area contributed by atoms with E-state index in [-0.39, 0.29) is 9.79 Å². The Balaban J connectivity index is 1.84. The van der Waals surface area contributed by atoms with E-state index in [1.54, 1.807) is 6.07 Å². The van der Waals surface area contributed by atoms with Gasteiger partial charge in [0, 0.05) is 23.1 Å². The highest BCUT2D eigenvalue weighted by Crippen LogP contribution is 2.34. The minimum Gasteiger partial charge on any atom is -0.357 e. The summed E-state index contributed by atoms with van der Waals surface area (Å²) in [4.78, 5) is 2.77. The number of hydrogen-bond donors (Lipinski definition) is 2. The van der Waals surface area contributed by atoms with Crippen molar-refractivity contribution in [2.45, 2.75) is 28.7 Å². The molecule has 0 radical (unpaired) electrons. The van der Waals surface area contributed by atoms with Crippen LogP contribution in [0.5, 0.6) is 0 Å². The van der Waals surface area contributed by atoms with Crippen LogP contribution in [0, 0.1) is 5.82 Å². The van der Waals surface area contributed by atoms with Crippen LogP contribution in [0.4, 0.5) is 13.2 Å². The zero-order chi connectivity index (χ0) is 18.5. The fraction of sp³-hybridized carbons (Fsp3) is 0.222. The van der Waals surface area contributed by atoms with Gasteiger partial charge in [0.25, 0.3) is 6.43 Å². The minimum absolute atomic E-state index is 0.0178. The van der Waals surface area contributed by atoms with Crippen molar-refractivity contribution in [2.24, 2.45) is 0 Å². The molecule has 3 aromatic rings. The van der Waals surface area contributed by atoms with Gasteiger partial charge in [-0.15, -0.1) is 0 Å². The average Bonchev–Trinajstić information content (AvgIpc) is 2.99. The van der Waals surface area contributed by atoms with Gasteiger partial charge < -0.3 is 10.3 Å². The largest absolute Gasteiger partial charge is 0.357 e. The van der Waals surface area contributed by atoms with Gasteiger partial charge in [-0.1, -0.05) is 12.1 Å². The first-order chi connectivity index (χ1) is 12.4. The highest BCUT2D eigenvalue weighted by atomic mass is 32.2. The molecule has 0 saturated carbocycles. The van der Waals surface area contributed by atoms with E-state index in [9.17, 15) is 21.6 Å². The summed E-state index contributed by atoms with van der Waals surface area (Å²) in [6.07, 6.45) is -1.99. The van der Waals surface area contributed by atoms with E-state index in [1.165, 1.54) is 30.3 Å². The van der Waals surface area contributed by atoms with Crippen molar-refractivity contribution < 1.29 is 21.6 Å². The minimum atomic E-state index is -3.91. The Bertz CT molecular complexity index is 1090. The number of H-pyrrole nitrogens is 1. The lowest BCUT2D eigenvalue weighted by Gasteiger charge is -2.23. The number of rotatable bonds is 3. The lowest BCUT2D eigenvalue weighted by molar-refractivity contribution is 0.0939. The third kappa shape index (κ3) is 2.69. The zero-order valence-corrected chi connectivity index (χ0v) is 14.3. The van der Waals surface area contributed by atoms with Crippen LogP contribution in [0.15, 0.2) is 52.3 Å². The normalized spacial score (nSPS) is 17.6. The summed E-state index contributed by atoms with van der Waals surface area (Å²) in [5.41, 5.74) is 1.64. The molecule has 2 aromatic carbocycles. The molecule has 1 aromatic heterocycles. The molecule has 1 atom stereocenters. The molecule has 0 aliphatic carbocycles. The van der Waals surface area contributed by atoms with E-state index in [0.717, 1.165) is 17.0 Å². The number of aromatic amines is 1. The molecule has 0 bridgehead atoms. The van der Waals surface area contributed by atoms with Gasteiger partial charge in [0.15, 0.2) is 0 Å². The standard InChI is InChI=1S/C18H15F3N2O2S/c19-10-2-1-3-11(8-10)26(24,25)12-4-5-13-14-6-7-22-17(18(20)21)16(14)23-15(13)9-12/h1-5,8-9,17-18,22-23H,6-7H2. The van der Waals surface area contributed by atoms with Crippen molar-refractivity contribution in [3.8, 4) is 0 Å². The van der Waals surface area contributed by atoms with E-state index in [1.807, 2.05) is 0 Å². The molecule has 2 heterocycles. The van der Waals surface area contributed by atoms with Crippen LogP contribution < -0.4 is 5.32 Å². The Morgan fingerprint density at radius 1 is 1.08 bits per heavy atom. The van der Waals surface area contributed by atoms with Gasteiger partial charge in [0.2, 0.25) is 9.84 Å². The van der Waals surface area contributed by atoms with Gasteiger partial charge >= 0.3 is 0 Å².